The van der Waals surface area contributed by atoms with Gasteiger partial charge < -0.3 is 25.7 Å². The number of amides is 1. The second kappa shape index (κ2) is 51.3. The molecule has 0 heterocycles. The molecule has 0 saturated carbocycles. The van der Waals surface area contributed by atoms with E-state index in [-0.39, 0.29) is 0 Å². The summed E-state index contributed by atoms with van der Waals surface area (Å²) in [6.07, 6.45) is 64.9. The molecule has 0 aromatic carbocycles. The van der Waals surface area contributed by atoms with Gasteiger partial charge in [0.25, 0.3) is 0 Å². The van der Waals surface area contributed by atoms with Crippen LogP contribution in [-0.2, 0) is 4.79 Å². The van der Waals surface area contributed by atoms with Gasteiger partial charge in [-0.2, -0.15) is 0 Å². The van der Waals surface area contributed by atoms with Crippen LogP contribution in [-0.4, -0.2) is 57.3 Å². The van der Waals surface area contributed by atoms with Crippen molar-refractivity contribution in [2.24, 2.45) is 0 Å². The van der Waals surface area contributed by atoms with Crippen LogP contribution in [0.25, 0.3) is 0 Å². The van der Waals surface area contributed by atoms with E-state index >= 15 is 0 Å². The lowest BCUT2D eigenvalue weighted by molar-refractivity contribution is -0.132. The van der Waals surface area contributed by atoms with Crippen molar-refractivity contribution in [1.29, 1.82) is 0 Å². The molecule has 1 amide bonds. The molecule has 0 saturated heterocycles. The highest BCUT2D eigenvalue weighted by molar-refractivity contribution is 5.80. The van der Waals surface area contributed by atoms with Gasteiger partial charge in [0.15, 0.2) is 0 Å². The predicted octanol–water partition coefficient (Wildman–Crippen LogP) is 15.8. The third-order valence-electron chi connectivity index (χ3n) is 12.7. The maximum atomic E-state index is 12.5. The van der Waals surface area contributed by atoms with E-state index in [1.54, 1.807) is 0 Å². The number of carbonyl (C=O) groups excluding carboxylic acids is 1. The topological polar surface area (TPSA) is 110 Å². The molecule has 0 aromatic rings. The average Bonchev–Trinajstić information content (AvgIpc) is 3.29. The van der Waals surface area contributed by atoms with Gasteiger partial charge in [-0.05, 0) is 77.0 Å². The van der Waals surface area contributed by atoms with Crippen LogP contribution in [0, 0.1) is 0 Å². The largest absolute Gasteiger partial charge is 0.394 e. The second-order valence-corrected chi connectivity index (χ2v) is 18.9. The summed E-state index contributed by atoms with van der Waals surface area (Å²) in [7, 11) is 0. The zero-order chi connectivity index (χ0) is 45.9. The van der Waals surface area contributed by atoms with E-state index in [9.17, 15) is 25.2 Å². The molecule has 0 rings (SSSR count). The summed E-state index contributed by atoms with van der Waals surface area (Å²) in [5.41, 5.74) is 0. The molecule has 0 fully saturated rings. The van der Waals surface area contributed by atoms with E-state index in [1.807, 2.05) is 0 Å². The smallest absolute Gasteiger partial charge is 0.249 e. The van der Waals surface area contributed by atoms with Crippen molar-refractivity contribution in [3.63, 3.8) is 0 Å². The Morgan fingerprint density at radius 3 is 1.14 bits per heavy atom. The molecule has 0 aromatic heterocycles. The minimum atomic E-state index is -1.29. The van der Waals surface area contributed by atoms with Gasteiger partial charge in [0.1, 0.15) is 12.2 Å². The lowest BCUT2D eigenvalue weighted by Gasteiger charge is -2.27. The van der Waals surface area contributed by atoms with Crippen LogP contribution in [0.15, 0.2) is 48.6 Å². The highest BCUT2D eigenvalue weighted by Gasteiger charge is 2.28. The van der Waals surface area contributed by atoms with E-state index in [0.717, 1.165) is 51.4 Å². The molecular weight excluding hydrogens is 779 g/mol. The Hall–Kier alpha value is -1.73. The first-order chi connectivity index (χ1) is 31.0. The van der Waals surface area contributed by atoms with Crippen LogP contribution in [0.5, 0.6) is 0 Å². The molecule has 5 N–H and O–H groups in total. The quantitative estimate of drug-likeness (QED) is 0.0309. The Kier molecular flexibility index (Phi) is 49.8. The van der Waals surface area contributed by atoms with E-state index in [0.29, 0.717) is 19.3 Å². The van der Waals surface area contributed by atoms with E-state index in [2.05, 4.69) is 67.8 Å². The zero-order valence-corrected chi connectivity index (χ0v) is 41.8. The Balaban J connectivity index is 3.55. The SMILES string of the molecule is CCCC/C=C/CC/C=C/CCCC(O)C(O)C(CO)NC(=O)C(O)CCCCCCCCCCCCCCCCCC/C=C\C/C=C\CCCCCCCCCCCCCCC. The Bertz CT molecular complexity index is 1040. The molecule has 0 bridgehead atoms. The molecule has 4 unspecified atom stereocenters. The summed E-state index contributed by atoms with van der Waals surface area (Å²) >= 11 is 0. The number of aliphatic hydroxyl groups is 4. The molecule has 63 heavy (non-hydrogen) atoms. The number of unbranched alkanes of at least 4 members (excludes halogenated alkanes) is 33. The zero-order valence-electron chi connectivity index (χ0n) is 41.8. The highest BCUT2D eigenvalue weighted by atomic mass is 16.3. The molecule has 6 nitrogen and oxygen atoms in total. The fraction of sp³-hybridized carbons (Fsp3) is 0.842. The number of allylic oxidation sites excluding steroid dienone is 8. The number of carbonyl (C=O) groups is 1. The number of aliphatic hydroxyl groups excluding tert-OH is 4. The average molecular weight is 886 g/mol. The van der Waals surface area contributed by atoms with Gasteiger partial charge >= 0.3 is 0 Å². The molecule has 0 aliphatic rings. The summed E-state index contributed by atoms with van der Waals surface area (Å²) in [6.45, 7) is 3.99. The van der Waals surface area contributed by atoms with Crippen molar-refractivity contribution in [1.82, 2.24) is 5.32 Å². The molecular formula is C57H107NO5. The minimum Gasteiger partial charge on any atom is -0.394 e. The monoisotopic (exact) mass is 886 g/mol. The summed E-state index contributed by atoms with van der Waals surface area (Å²) in [6, 6.07) is -1.01. The number of rotatable bonds is 50. The van der Waals surface area contributed by atoms with Crippen LogP contribution in [0.4, 0.5) is 0 Å². The first-order valence-corrected chi connectivity index (χ1v) is 27.5. The van der Waals surface area contributed by atoms with E-state index in [1.165, 1.54) is 193 Å². The Morgan fingerprint density at radius 1 is 0.397 bits per heavy atom. The Morgan fingerprint density at radius 2 is 0.730 bits per heavy atom. The standard InChI is InChI=1S/C57H107NO5/c1-3-5-7-9-11-13-15-16-17-18-19-20-21-22-23-24-25-26-27-28-29-30-31-32-33-34-35-36-37-38-39-41-43-45-47-49-51-55(61)57(63)58-53(52-59)56(62)54(60)50-48-46-44-42-40-14-12-10-8-6-4-2/h10,12,23-24,26-27,42,44,53-56,59-62H,3-9,11,13-22,25,28-41,43,45-52H2,1-2H3,(H,58,63)/b12-10+,24-23-,27-26-,44-42+. The first kappa shape index (κ1) is 61.3. The van der Waals surface area contributed by atoms with Crippen LogP contribution < -0.4 is 5.32 Å². The summed E-state index contributed by atoms with van der Waals surface area (Å²) < 4.78 is 0. The van der Waals surface area contributed by atoms with Crippen molar-refractivity contribution in [2.75, 3.05) is 6.61 Å². The lowest BCUT2D eigenvalue weighted by Crippen LogP contribution is -2.53. The van der Waals surface area contributed by atoms with E-state index < -0.39 is 36.9 Å². The third-order valence-corrected chi connectivity index (χ3v) is 12.7. The second-order valence-electron chi connectivity index (χ2n) is 18.9. The van der Waals surface area contributed by atoms with Gasteiger partial charge in [-0.15, -0.1) is 0 Å². The van der Waals surface area contributed by atoms with Crippen molar-refractivity contribution in [2.45, 2.75) is 301 Å². The maximum absolute atomic E-state index is 12.5. The minimum absolute atomic E-state index is 0.360. The Labute approximate surface area is 391 Å². The fourth-order valence-corrected chi connectivity index (χ4v) is 8.38. The third kappa shape index (κ3) is 45.2. The summed E-state index contributed by atoms with van der Waals surface area (Å²) in [5, 5.41) is 43.7. The van der Waals surface area contributed by atoms with Gasteiger partial charge in [0, 0.05) is 0 Å². The summed E-state index contributed by atoms with van der Waals surface area (Å²) in [5.74, 6) is -0.598. The molecule has 370 valence electrons. The normalized spacial score (nSPS) is 14.2. The van der Waals surface area contributed by atoms with Gasteiger partial charge in [-0.3, -0.25) is 4.79 Å². The predicted molar refractivity (Wildman–Crippen MR) is 274 cm³/mol. The van der Waals surface area contributed by atoms with Gasteiger partial charge in [-0.25, -0.2) is 0 Å². The molecule has 4 atom stereocenters. The van der Waals surface area contributed by atoms with Gasteiger partial charge in [-0.1, -0.05) is 249 Å². The first-order valence-electron chi connectivity index (χ1n) is 27.5. The van der Waals surface area contributed by atoms with Crippen LogP contribution in [0.3, 0.4) is 0 Å². The van der Waals surface area contributed by atoms with E-state index in [4.69, 9.17) is 0 Å². The molecule has 0 radical (unpaired) electrons. The molecule has 6 heteroatoms. The lowest BCUT2D eigenvalue weighted by atomic mass is 10.00. The number of nitrogens with one attached hydrogen (secondary N) is 1. The van der Waals surface area contributed by atoms with Gasteiger partial charge in [0.05, 0.1) is 18.8 Å². The number of hydrogen-bond donors (Lipinski definition) is 5. The van der Waals surface area contributed by atoms with Crippen molar-refractivity contribution < 1.29 is 25.2 Å². The fourth-order valence-electron chi connectivity index (χ4n) is 8.38. The van der Waals surface area contributed by atoms with Crippen LogP contribution in [0.1, 0.15) is 277 Å². The maximum Gasteiger partial charge on any atom is 0.249 e. The van der Waals surface area contributed by atoms with Gasteiger partial charge in [0.2, 0.25) is 5.91 Å². The van der Waals surface area contributed by atoms with Crippen molar-refractivity contribution >= 4 is 5.91 Å². The summed E-state index contributed by atoms with van der Waals surface area (Å²) in [4.78, 5) is 12.5. The molecule has 0 aliphatic carbocycles. The van der Waals surface area contributed by atoms with Crippen LogP contribution in [0.2, 0.25) is 0 Å². The van der Waals surface area contributed by atoms with Crippen molar-refractivity contribution in [3.05, 3.63) is 48.6 Å². The molecule has 0 spiro atoms. The molecule has 0 aliphatic heterocycles. The van der Waals surface area contributed by atoms with Crippen molar-refractivity contribution in [3.8, 4) is 0 Å². The highest BCUT2D eigenvalue weighted by Crippen LogP contribution is 2.17. The number of hydrogen-bond acceptors (Lipinski definition) is 5. The van der Waals surface area contributed by atoms with Crippen LogP contribution >= 0.6 is 0 Å².